The van der Waals surface area contributed by atoms with E-state index in [1.54, 1.807) is 13.2 Å². The Balaban J connectivity index is 3.37. The first kappa shape index (κ1) is 12.5. The van der Waals surface area contributed by atoms with Crippen LogP contribution < -0.4 is 9.47 Å². The zero-order valence-corrected chi connectivity index (χ0v) is 9.99. The summed E-state index contributed by atoms with van der Waals surface area (Å²) in [6, 6.07) is 3.57. The Kier molecular flexibility index (Phi) is 4.31. The molecule has 1 aromatic carbocycles. The van der Waals surface area contributed by atoms with Gasteiger partial charge in [-0.3, -0.25) is 4.79 Å². The largest absolute Gasteiger partial charge is 0.496 e. The van der Waals surface area contributed by atoms with Crippen LogP contribution in [0, 0.1) is 0 Å². The van der Waals surface area contributed by atoms with E-state index in [4.69, 9.17) is 14.2 Å². The average Bonchev–Trinajstić information content (AvgIpc) is 2.28. The normalized spacial score (nSPS) is 10.0. The first-order valence-electron chi connectivity index (χ1n) is 4.89. The van der Waals surface area contributed by atoms with Crippen LogP contribution in [0.1, 0.15) is 22.8 Å². The second-order valence-electron chi connectivity index (χ2n) is 3.32. The summed E-state index contributed by atoms with van der Waals surface area (Å²) in [5.41, 5.74) is 1.29. The van der Waals surface area contributed by atoms with Crippen LogP contribution in [-0.4, -0.2) is 27.1 Å². The van der Waals surface area contributed by atoms with E-state index in [-0.39, 0.29) is 5.78 Å². The van der Waals surface area contributed by atoms with Gasteiger partial charge in [0.2, 0.25) is 0 Å². The number of carbonyl (C=O) groups excluding carboxylic acids is 1. The van der Waals surface area contributed by atoms with Crippen molar-refractivity contribution in [1.82, 2.24) is 0 Å². The summed E-state index contributed by atoms with van der Waals surface area (Å²) >= 11 is 0. The lowest BCUT2D eigenvalue weighted by Gasteiger charge is -2.14. The summed E-state index contributed by atoms with van der Waals surface area (Å²) in [4.78, 5) is 11.6. The van der Waals surface area contributed by atoms with Crippen molar-refractivity contribution < 1.29 is 19.0 Å². The summed E-state index contributed by atoms with van der Waals surface area (Å²) in [5, 5.41) is 0. The van der Waals surface area contributed by atoms with Crippen LogP contribution >= 0.6 is 0 Å². The summed E-state index contributed by atoms with van der Waals surface area (Å²) in [6.07, 6.45) is 0. The Morgan fingerprint density at radius 2 is 1.88 bits per heavy atom. The van der Waals surface area contributed by atoms with Crippen molar-refractivity contribution in [2.24, 2.45) is 0 Å². The van der Waals surface area contributed by atoms with E-state index >= 15 is 0 Å². The molecule has 0 fully saturated rings. The van der Waals surface area contributed by atoms with E-state index in [1.807, 2.05) is 6.07 Å². The highest BCUT2D eigenvalue weighted by Gasteiger charge is 2.18. The third-order valence-electron chi connectivity index (χ3n) is 2.28. The zero-order chi connectivity index (χ0) is 12.1. The number of ketones is 1. The minimum absolute atomic E-state index is 0.0911. The second kappa shape index (κ2) is 5.51. The maximum Gasteiger partial charge on any atom is 0.167 e. The standard InChI is InChI=1S/C12H16O4/c1-8(13)11-10(15-3)6-5-9(7-14-2)12(11)16-4/h5-6H,7H2,1-4H3. The van der Waals surface area contributed by atoms with Crippen LogP contribution in [0.25, 0.3) is 0 Å². The van der Waals surface area contributed by atoms with Crippen molar-refractivity contribution >= 4 is 5.78 Å². The number of methoxy groups -OCH3 is 3. The summed E-state index contributed by atoms with van der Waals surface area (Å²) < 4.78 is 15.4. The molecule has 16 heavy (non-hydrogen) atoms. The number of Topliss-reactive ketones (excluding diaryl/α,β-unsaturated/α-hetero) is 1. The predicted octanol–water partition coefficient (Wildman–Crippen LogP) is 2.05. The number of ether oxygens (including phenoxy) is 3. The van der Waals surface area contributed by atoms with Crippen molar-refractivity contribution in [3.63, 3.8) is 0 Å². The molecule has 1 aromatic rings. The fraction of sp³-hybridized carbons (Fsp3) is 0.417. The molecule has 0 aliphatic heterocycles. The molecule has 4 nitrogen and oxygen atoms in total. The number of hydrogen-bond donors (Lipinski definition) is 0. The van der Waals surface area contributed by atoms with Gasteiger partial charge in [-0.25, -0.2) is 0 Å². The van der Waals surface area contributed by atoms with Gasteiger partial charge < -0.3 is 14.2 Å². The number of rotatable bonds is 5. The molecule has 0 aliphatic rings. The first-order valence-corrected chi connectivity index (χ1v) is 4.89. The van der Waals surface area contributed by atoms with Crippen LogP contribution in [0.5, 0.6) is 11.5 Å². The van der Waals surface area contributed by atoms with Gasteiger partial charge in [0.15, 0.2) is 5.78 Å². The van der Waals surface area contributed by atoms with Crippen LogP contribution in [0.3, 0.4) is 0 Å². The van der Waals surface area contributed by atoms with E-state index < -0.39 is 0 Å². The van der Waals surface area contributed by atoms with E-state index in [0.29, 0.717) is 23.7 Å². The van der Waals surface area contributed by atoms with Crippen LogP contribution in [-0.2, 0) is 11.3 Å². The monoisotopic (exact) mass is 224 g/mol. The molecule has 0 spiro atoms. The Morgan fingerprint density at radius 3 is 2.31 bits per heavy atom. The lowest BCUT2D eigenvalue weighted by Crippen LogP contribution is -2.05. The summed E-state index contributed by atoms with van der Waals surface area (Å²) in [6.45, 7) is 1.88. The molecule has 88 valence electrons. The van der Waals surface area contributed by atoms with Gasteiger partial charge in [-0.15, -0.1) is 0 Å². The van der Waals surface area contributed by atoms with Crippen molar-refractivity contribution in [2.75, 3.05) is 21.3 Å². The molecule has 0 atom stereocenters. The van der Waals surface area contributed by atoms with Crippen LogP contribution in [0.2, 0.25) is 0 Å². The van der Waals surface area contributed by atoms with E-state index in [0.717, 1.165) is 5.56 Å². The summed E-state index contributed by atoms with van der Waals surface area (Å²) in [7, 11) is 4.65. The van der Waals surface area contributed by atoms with Gasteiger partial charge in [0.1, 0.15) is 17.1 Å². The van der Waals surface area contributed by atoms with Gasteiger partial charge in [0.25, 0.3) is 0 Å². The van der Waals surface area contributed by atoms with Gasteiger partial charge >= 0.3 is 0 Å². The lowest BCUT2D eigenvalue weighted by atomic mass is 10.0. The summed E-state index contributed by atoms with van der Waals surface area (Å²) in [5.74, 6) is 0.949. The molecule has 0 amide bonds. The van der Waals surface area contributed by atoms with Gasteiger partial charge in [0.05, 0.1) is 20.8 Å². The van der Waals surface area contributed by atoms with Crippen molar-refractivity contribution in [3.05, 3.63) is 23.3 Å². The molecular weight excluding hydrogens is 208 g/mol. The zero-order valence-electron chi connectivity index (χ0n) is 9.99. The minimum atomic E-state index is -0.0911. The van der Waals surface area contributed by atoms with Crippen molar-refractivity contribution in [1.29, 1.82) is 0 Å². The second-order valence-corrected chi connectivity index (χ2v) is 3.32. The number of hydrogen-bond acceptors (Lipinski definition) is 4. The maximum absolute atomic E-state index is 11.6. The van der Waals surface area contributed by atoms with E-state index in [1.165, 1.54) is 21.1 Å². The molecule has 0 saturated carbocycles. The van der Waals surface area contributed by atoms with Gasteiger partial charge in [-0.2, -0.15) is 0 Å². The lowest BCUT2D eigenvalue weighted by molar-refractivity contribution is 0.101. The quantitative estimate of drug-likeness (QED) is 0.718. The van der Waals surface area contributed by atoms with Gasteiger partial charge in [0, 0.05) is 12.7 Å². The van der Waals surface area contributed by atoms with E-state index in [2.05, 4.69) is 0 Å². The maximum atomic E-state index is 11.6. The Hall–Kier alpha value is -1.55. The molecular formula is C12H16O4. The average molecular weight is 224 g/mol. The highest BCUT2D eigenvalue weighted by molar-refractivity contribution is 6.00. The third kappa shape index (κ3) is 2.33. The number of carbonyl (C=O) groups is 1. The Morgan fingerprint density at radius 1 is 1.19 bits per heavy atom. The molecule has 0 bridgehead atoms. The molecule has 4 heteroatoms. The Bertz CT molecular complexity index is 385. The molecule has 0 heterocycles. The van der Waals surface area contributed by atoms with Gasteiger partial charge in [-0.05, 0) is 19.1 Å². The molecule has 0 aliphatic carbocycles. The SMILES string of the molecule is COCc1ccc(OC)c(C(C)=O)c1OC. The van der Waals surface area contributed by atoms with Crippen LogP contribution in [0.4, 0.5) is 0 Å². The molecule has 0 N–H and O–H groups in total. The van der Waals surface area contributed by atoms with Gasteiger partial charge in [-0.1, -0.05) is 0 Å². The predicted molar refractivity (Wildman–Crippen MR) is 60.3 cm³/mol. The molecule has 1 rings (SSSR count). The molecule has 0 saturated heterocycles. The molecule has 0 unspecified atom stereocenters. The smallest absolute Gasteiger partial charge is 0.167 e. The van der Waals surface area contributed by atoms with Crippen molar-refractivity contribution in [3.8, 4) is 11.5 Å². The molecule has 0 radical (unpaired) electrons. The minimum Gasteiger partial charge on any atom is -0.496 e. The fourth-order valence-electron chi connectivity index (χ4n) is 1.61. The third-order valence-corrected chi connectivity index (χ3v) is 2.28. The Labute approximate surface area is 95.1 Å². The topological polar surface area (TPSA) is 44.8 Å². The van der Waals surface area contributed by atoms with Crippen molar-refractivity contribution in [2.45, 2.75) is 13.5 Å². The number of benzene rings is 1. The van der Waals surface area contributed by atoms with Crippen LogP contribution in [0.15, 0.2) is 12.1 Å². The fourth-order valence-corrected chi connectivity index (χ4v) is 1.61. The van der Waals surface area contributed by atoms with E-state index in [9.17, 15) is 4.79 Å². The highest BCUT2D eigenvalue weighted by Crippen LogP contribution is 2.32. The first-order chi connectivity index (χ1) is 7.65. The highest BCUT2D eigenvalue weighted by atomic mass is 16.5. The molecule has 0 aromatic heterocycles.